The Morgan fingerprint density at radius 2 is 2.61 bits per heavy atom. The number of hydrogen-bond donors (Lipinski definition) is 1. The van der Waals surface area contributed by atoms with Crippen molar-refractivity contribution >= 4 is 17.7 Å². The summed E-state index contributed by atoms with van der Waals surface area (Å²) in [7, 11) is 0. The van der Waals surface area contributed by atoms with Gasteiger partial charge in [0.25, 0.3) is 5.91 Å². The van der Waals surface area contributed by atoms with Crippen LogP contribution in [0.2, 0.25) is 0 Å². The quantitative estimate of drug-likeness (QED) is 0.832. The predicted molar refractivity (Wildman–Crippen MR) is 71.8 cm³/mol. The van der Waals surface area contributed by atoms with Crippen LogP contribution in [-0.2, 0) is 0 Å². The first-order chi connectivity index (χ1) is 8.81. The fourth-order valence-corrected chi connectivity index (χ4v) is 2.74. The van der Waals surface area contributed by atoms with E-state index in [2.05, 4.69) is 16.2 Å². The summed E-state index contributed by atoms with van der Waals surface area (Å²) in [6, 6.07) is 3.40. The second-order valence-corrected chi connectivity index (χ2v) is 5.00. The number of pyridine rings is 1. The van der Waals surface area contributed by atoms with E-state index in [1.54, 1.807) is 18.3 Å². The van der Waals surface area contributed by atoms with Gasteiger partial charge in [-0.05, 0) is 24.3 Å². The van der Waals surface area contributed by atoms with E-state index in [-0.39, 0.29) is 18.6 Å². The molecule has 1 aliphatic rings. The Balaban J connectivity index is 2.09. The van der Waals surface area contributed by atoms with Gasteiger partial charge in [-0.25, -0.2) is 4.98 Å². The molecule has 1 aromatic heterocycles. The molecule has 5 heteroatoms. The van der Waals surface area contributed by atoms with Gasteiger partial charge in [0.2, 0.25) is 5.88 Å². The molecule has 0 bridgehead atoms. The highest BCUT2D eigenvalue weighted by Gasteiger charge is 2.21. The lowest BCUT2D eigenvalue weighted by Crippen LogP contribution is -2.25. The van der Waals surface area contributed by atoms with E-state index in [1.165, 1.54) is 0 Å². The second kappa shape index (κ2) is 6.31. The van der Waals surface area contributed by atoms with Gasteiger partial charge in [0.05, 0.1) is 6.54 Å². The summed E-state index contributed by atoms with van der Waals surface area (Å²) in [6.07, 6.45) is 7.87. The SMILES string of the molecule is C#CCNC(=O)c1cccnc1OC1CCSC1. The normalized spacial score (nSPS) is 18.1. The third-order valence-electron chi connectivity index (χ3n) is 2.53. The summed E-state index contributed by atoms with van der Waals surface area (Å²) in [5, 5.41) is 2.61. The molecule has 1 atom stereocenters. The molecule has 1 saturated heterocycles. The van der Waals surface area contributed by atoms with E-state index in [1.807, 2.05) is 11.8 Å². The summed E-state index contributed by atoms with van der Waals surface area (Å²) in [5.41, 5.74) is 0.435. The fraction of sp³-hybridized carbons (Fsp3) is 0.385. The van der Waals surface area contributed by atoms with Crippen molar-refractivity contribution < 1.29 is 9.53 Å². The maximum Gasteiger partial charge on any atom is 0.257 e. The number of hydrogen-bond acceptors (Lipinski definition) is 4. The van der Waals surface area contributed by atoms with Crippen LogP contribution in [0.25, 0.3) is 0 Å². The minimum atomic E-state index is -0.248. The molecule has 2 heterocycles. The molecule has 4 nitrogen and oxygen atoms in total. The molecule has 0 aromatic carbocycles. The van der Waals surface area contributed by atoms with E-state index in [0.717, 1.165) is 17.9 Å². The largest absolute Gasteiger partial charge is 0.473 e. The van der Waals surface area contributed by atoms with Crippen molar-refractivity contribution in [3.05, 3.63) is 23.9 Å². The van der Waals surface area contributed by atoms with Crippen LogP contribution < -0.4 is 10.1 Å². The van der Waals surface area contributed by atoms with Crippen molar-refractivity contribution in [2.75, 3.05) is 18.1 Å². The van der Waals surface area contributed by atoms with Gasteiger partial charge in [-0.1, -0.05) is 5.92 Å². The lowest BCUT2D eigenvalue weighted by atomic mass is 10.2. The first-order valence-electron chi connectivity index (χ1n) is 5.72. The van der Waals surface area contributed by atoms with Gasteiger partial charge in [0.15, 0.2) is 0 Å². The standard InChI is InChI=1S/C13H14N2O2S/c1-2-6-14-12(16)11-4-3-7-15-13(11)17-10-5-8-18-9-10/h1,3-4,7,10H,5-6,8-9H2,(H,14,16). The van der Waals surface area contributed by atoms with Crippen LogP contribution in [0.3, 0.4) is 0 Å². The molecule has 1 fully saturated rings. The molecule has 0 saturated carbocycles. The van der Waals surface area contributed by atoms with Crippen LogP contribution in [0.1, 0.15) is 16.8 Å². The van der Waals surface area contributed by atoms with Crippen molar-refractivity contribution in [2.45, 2.75) is 12.5 Å². The maximum absolute atomic E-state index is 11.9. The van der Waals surface area contributed by atoms with Crippen LogP contribution in [0.5, 0.6) is 5.88 Å². The molecule has 0 radical (unpaired) electrons. The molecule has 0 spiro atoms. The molecule has 94 valence electrons. The number of aromatic nitrogens is 1. The molecule has 2 rings (SSSR count). The number of carbonyl (C=O) groups is 1. The minimum absolute atomic E-state index is 0.143. The first kappa shape index (κ1) is 12.8. The Hall–Kier alpha value is -1.67. The number of nitrogens with zero attached hydrogens (tertiary/aromatic N) is 1. The summed E-state index contributed by atoms with van der Waals surface area (Å²) in [6.45, 7) is 0.201. The zero-order valence-electron chi connectivity index (χ0n) is 9.89. The Morgan fingerprint density at radius 1 is 1.72 bits per heavy atom. The number of rotatable bonds is 4. The number of carbonyl (C=O) groups excluding carboxylic acids is 1. The zero-order chi connectivity index (χ0) is 12.8. The monoisotopic (exact) mass is 262 g/mol. The van der Waals surface area contributed by atoms with E-state index < -0.39 is 0 Å². The van der Waals surface area contributed by atoms with Gasteiger partial charge in [0.1, 0.15) is 11.7 Å². The molecule has 18 heavy (non-hydrogen) atoms. The summed E-state index contributed by atoms with van der Waals surface area (Å²) in [4.78, 5) is 16.0. The number of terminal acetylenes is 1. The van der Waals surface area contributed by atoms with Gasteiger partial charge in [0, 0.05) is 11.9 Å². The summed E-state index contributed by atoms with van der Waals surface area (Å²) < 4.78 is 5.76. The van der Waals surface area contributed by atoms with Crippen molar-refractivity contribution in [3.8, 4) is 18.2 Å². The maximum atomic E-state index is 11.9. The summed E-state index contributed by atoms with van der Waals surface area (Å²) >= 11 is 1.85. The van der Waals surface area contributed by atoms with E-state index in [0.29, 0.717) is 11.4 Å². The predicted octanol–water partition coefficient (Wildman–Crippen LogP) is 1.33. The van der Waals surface area contributed by atoms with Gasteiger partial charge in [-0.15, -0.1) is 6.42 Å². The van der Waals surface area contributed by atoms with Crippen LogP contribution in [0.4, 0.5) is 0 Å². The van der Waals surface area contributed by atoms with Crippen molar-refractivity contribution in [3.63, 3.8) is 0 Å². The average Bonchev–Trinajstić information content (AvgIpc) is 2.89. The van der Waals surface area contributed by atoms with Gasteiger partial charge < -0.3 is 10.1 Å². The average molecular weight is 262 g/mol. The number of thioether (sulfide) groups is 1. The minimum Gasteiger partial charge on any atom is -0.473 e. The van der Waals surface area contributed by atoms with Gasteiger partial charge in [-0.2, -0.15) is 11.8 Å². The van der Waals surface area contributed by atoms with Crippen LogP contribution in [0, 0.1) is 12.3 Å². The van der Waals surface area contributed by atoms with Crippen molar-refractivity contribution in [1.82, 2.24) is 10.3 Å². The molecule has 1 unspecified atom stereocenters. The van der Waals surface area contributed by atoms with Gasteiger partial charge >= 0.3 is 0 Å². The van der Waals surface area contributed by atoms with Crippen LogP contribution >= 0.6 is 11.8 Å². The Morgan fingerprint density at radius 3 is 3.33 bits per heavy atom. The highest BCUT2D eigenvalue weighted by molar-refractivity contribution is 7.99. The lowest BCUT2D eigenvalue weighted by Gasteiger charge is -2.14. The molecule has 1 aliphatic heterocycles. The van der Waals surface area contributed by atoms with E-state index >= 15 is 0 Å². The van der Waals surface area contributed by atoms with Crippen molar-refractivity contribution in [1.29, 1.82) is 0 Å². The van der Waals surface area contributed by atoms with E-state index in [9.17, 15) is 4.79 Å². The van der Waals surface area contributed by atoms with Crippen LogP contribution in [0.15, 0.2) is 18.3 Å². The first-order valence-corrected chi connectivity index (χ1v) is 6.88. The second-order valence-electron chi connectivity index (χ2n) is 3.85. The molecule has 0 aliphatic carbocycles. The Labute approximate surface area is 111 Å². The summed E-state index contributed by atoms with van der Waals surface area (Å²) in [5.74, 6) is 4.54. The van der Waals surface area contributed by atoms with Gasteiger partial charge in [-0.3, -0.25) is 4.79 Å². The number of nitrogens with one attached hydrogen (secondary N) is 1. The third kappa shape index (κ3) is 3.17. The molecular formula is C13H14N2O2S. The lowest BCUT2D eigenvalue weighted by molar-refractivity contribution is 0.0951. The molecular weight excluding hydrogens is 248 g/mol. The Kier molecular flexibility index (Phi) is 4.48. The molecule has 1 aromatic rings. The van der Waals surface area contributed by atoms with E-state index in [4.69, 9.17) is 11.2 Å². The topological polar surface area (TPSA) is 51.2 Å². The number of ether oxygens (including phenoxy) is 1. The highest BCUT2D eigenvalue weighted by atomic mass is 32.2. The fourth-order valence-electron chi connectivity index (χ4n) is 1.65. The number of amides is 1. The zero-order valence-corrected chi connectivity index (χ0v) is 10.7. The molecule has 1 amide bonds. The Bertz CT molecular complexity index is 464. The highest BCUT2D eigenvalue weighted by Crippen LogP contribution is 2.23. The molecule has 1 N–H and O–H groups in total. The van der Waals surface area contributed by atoms with Crippen molar-refractivity contribution in [2.24, 2.45) is 0 Å². The van der Waals surface area contributed by atoms with Crippen LogP contribution in [-0.4, -0.2) is 35.0 Å². The smallest absolute Gasteiger partial charge is 0.257 e. The third-order valence-corrected chi connectivity index (χ3v) is 3.66.